The summed E-state index contributed by atoms with van der Waals surface area (Å²) in [5.74, 6) is -1.96. The molecule has 0 aliphatic rings. The number of hydrogen-bond acceptors (Lipinski definition) is 7. The molecule has 0 spiro atoms. The third kappa shape index (κ3) is 82.9. The first-order chi connectivity index (χ1) is 48.6. The van der Waals surface area contributed by atoms with Crippen molar-refractivity contribution < 1.29 is 42.9 Å². The number of carboxylic acids is 1. The van der Waals surface area contributed by atoms with E-state index in [1.165, 1.54) is 411 Å². The number of nitrogens with zero attached hydrogens (tertiary/aromatic N) is 1. The highest BCUT2D eigenvalue weighted by Gasteiger charge is 2.25. The Kier molecular flexibility index (Phi) is 79.6. The van der Waals surface area contributed by atoms with Gasteiger partial charge in [-0.05, 0) is 64.2 Å². The van der Waals surface area contributed by atoms with E-state index in [2.05, 4.69) is 38.2 Å². The van der Waals surface area contributed by atoms with E-state index in [0.29, 0.717) is 17.4 Å². The summed E-state index contributed by atoms with van der Waals surface area (Å²) in [5, 5.41) is 9.79. The lowest BCUT2D eigenvalue weighted by atomic mass is 10.0. The number of unbranched alkanes of at least 4 members (excludes halogenated alkanes) is 66. The molecule has 0 aliphatic heterocycles. The van der Waals surface area contributed by atoms with Crippen LogP contribution in [-0.2, 0) is 33.3 Å². The molecule has 0 aromatic heterocycles. The summed E-state index contributed by atoms with van der Waals surface area (Å²) in [5.41, 5.74) is 0. The molecule has 0 aromatic rings. The quantitative estimate of drug-likeness (QED) is 0.0211. The summed E-state index contributed by atoms with van der Waals surface area (Å²) in [6.45, 7) is 4.97. The van der Waals surface area contributed by atoms with Crippen molar-refractivity contribution in [2.75, 3.05) is 47.5 Å². The van der Waals surface area contributed by atoms with Crippen LogP contribution in [0, 0.1) is 0 Å². The fourth-order valence-electron chi connectivity index (χ4n) is 13.9. The van der Waals surface area contributed by atoms with Crippen LogP contribution < -0.4 is 0 Å². The van der Waals surface area contributed by atoms with Crippen molar-refractivity contribution >= 4 is 17.9 Å². The molecule has 9 heteroatoms. The van der Waals surface area contributed by atoms with Gasteiger partial charge in [0, 0.05) is 12.8 Å². The lowest BCUT2D eigenvalue weighted by Crippen LogP contribution is -2.40. The molecule has 0 bridgehead atoms. The molecular formula is C90H174NO8+. The zero-order valence-corrected chi connectivity index (χ0v) is 67.5. The summed E-state index contributed by atoms with van der Waals surface area (Å²) in [6, 6.07) is 0. The Hall–Kier alpha value is -2.23. The number of aliphatic carboxylic acids is 1. The first-order valence-electron chi connectivity index (χ1n) is 44.5. The number of carboxylic acid groups (broad SMARTS) is 1. The van der Waals surface area contributed by atoms with Gasteiger partial charge in [0.1, 0.15) is 13.2 Å². The fourth-order valence-corrected chi connectivity index (χ4v) is 13.9. The van der Waals surface area contributed by atoms with Crippen LogP contribution in [-0.4, -0.2) is 87.4 Å². The van der Waals surface area contributed by atoms with Gasteiger partial charge in [0.15, 0.2) is 6.10 Å². The van der Waals surface area contributed by atoms with E-state index in [1.54, 1.807) is 0 Å². The van der Waals surface area contributed by atoms with Crippen LogP contribution >= 0.6 is 0 Å². The topological polar surface area (TPSA) is 108 Å². The van der Waals surface area contributed by atoms with E-state index in [0.717, 1.165) is 38.5 Å². The summed E-state index contributed by atoms with van der Waals surface area (Å²) < 4.78 is 23.1. The maximum atomic E-state index is 13.0. The molecule has 0 saturated heterocycles. The number of hydrogen-bond donors (Lipinski definition) is 1. The Morgan fingerprint density at radius 2 is 0.515 bits per heavy atom. The van der Waals surface area contributed by atoms with Crippen LogP contribution in [0.25, 0.3) is 0 Å². The molecule has 2 unspecified atom stereocenters. The molecule has 0 fully saturated rings. The van der Waals surface area contributed by atoms with Gasteiger partial charge in [0.25, 0.3) is 6.29 Å². The number of carbonyl (C=O) groups is 3. The van der Waals surface area contributed by atoms with E-state index in [9.17, 15) is 19.5 Å². The normalized spacial score (nSPS) is 12.6. The van der Waals surface area contributed by atoms with Gasteiger partial charge in [-0.25, -0.2) is 4.79 Å². The predicted octanol–water partition coefficient (Wildman–Crippen LogP) is 28.8. The van der Waals surface area contributed by atoms with Gasteiger partial charge in [0.2, 0.25) is 0 Å². The lowest BCUT2D eigenvalue weighted by molar-refractivity contribution is -0.870. The molecule has 0 heterocycles. The molecule has 1 N–H and O–H groups in total. The highest BCUT2D eigenvalue weighted by Crippen LogP contribution is 2.21. The zero-order chi connectivity index (χ0) is 71.8. The summed E-state index contributed by atoms with van der Waals surface area (Å²) in [4.78, 5) is 37.8. The van der Waals surface area contributed by atoms with E-state index < -0.39 is 18.4 Å². The summed E-state index contributed by atoms with van der Waals surface area (Å²) >= 11 is 0. The second kappa shape index (κ2) is 81.4. The molecule has 0 rings (SSSR count). The maximum Gasteiger partial charge on any atom is 0.361 e. The van der Waals surface area contributed by atoms with Crippen molar-refractivity contribution in [1.82, 2.24) is 0 Å². The smallest absolute Gasteiger partial charge is 0.361 e. The molecule has 586 valence electrons. The zero-order valence-electron chi connectivity index (χ0n) is 67.5. The molecule has 0 saturated carbocycles. The van der Waals surface area contributed by atoms with Crippen LogP contribution in [0.3, 0.4) is 0 Å². The van der Waals surface area contributed by atoms with Crippen LogP contribution in [0.4, 0.5) is 0 Å². The Labute approximate surface area is 618 Å². The maximum absolute atomic E-state index is 13.0. The Bertz CT molecular complexity index is 1680. The average molecular weight is 1400 g/mol. The van der Waals surface area contributed by atoms with Gasteiger partial charge >= 0.3 is 17.9 Å². The van der Waals surface area contributed by atoms with Gasteiger partial charge in [-0.15, -0.1) is 0 Å². The number of likely N-dealkylation sites (N-methyl/N-ethyl adjacent to an activating group) is 1. The third-order valence-electron chi connectivity index (χ3n) is 20.7. The minimum Gasteiger partial charge on any atom is -0.477 e. The first kappa shape index (κ1) is 96.8. The molecular weight excluding hydrogens is 1220 g/mol. The van der Waals surface area contributed by atoms with Crippen LogP contribution in [0.5, 0.6) is 0 Å². The second-order valence-electron chi connectivity index (χ2n) is 31.9. The van der Waals surface area contributed by atoms with Crippen molar-refractivity contribution in [2.45, 2.75) is 489 Å². The van der Waals surface area contributed by atoms with Gasteiger partial charge in [0.05, 0.1) is 34.4 Å². The monoisotopic (exact) mass is 1400 g/mol. The van der Waals surface area contributed by atoms with E-state index in [4.69, 9.17) is 18.9 Å². The highest BCUT2D eigenvalue weighted by molar-refractivity contribution is 5.71. The number of esters is 2. The van der Waals surface area contributed by atoms with Crippen molar-refractivity contribution in [2.24, 2.45) is 0 Å². The van der Waals surface area contributed by atoms with Crippen LogP contribution in [0.1, 0.15) is 476 Å². The molecule has 0 aliphatic carbocycles. The Morgan fingerprint density at radius 1 is 0.293 bits per heavy atom. The summed E-state index contributed by atoms with van der Waals surface area (Å²) in [6.07, 6.45) is 102. The van der Waals surface area contributed by atoms with Gasteiger partial charge in [-0.1, -0.05) is 423 Å². The third-order valence-corrected chi connectivity index (χ3v) is 20.7. The molecule has 2 atom stereocenters. The van der Waals surface area contributed by atoms with Crippen molar-refractivity contribution in [3.63, 3.8) is 0 Å². The molecule has 0 aromatic carbocycles. The van der Waals surface area contributed by atoms with Gasteiger partial charge in [-0.2, -0.15) is 0 Å². The number of quaternary nitrogens is 1. The number of carbonyl (C=O) groups excluding carboxylic acids is 2. The average Bonchev–Trinajstić information content (AvgIpc) is 1.41. The van der Waals surface area contributed by atoms with Crippen molar-refractivity contribution in [3.05, 3.63) is 24.3 Å². The SMILES string of the molecule is CCCCCCCCCC/C=C\CCCCCCCCCCCCCCCCCCCCCCCCCCCC(=O)OCC(COC(OCC[N+](C)(C)C)C(=O)O)OC(=O)CCCCCCCCCCCCCCCCCCCCCCCCCCC/C=C\CCCCCCCCCC. The minimum atomic E-state index is -1.51. The second-order valence-corrected chi connectivity index (χ2v) is 31.9. The highest BCUT2D eigenvalue weighted by atomic mass is 16.7. The molecule has 0 radical (unpaired) electrons. The predicted molar refractivity (Wildman–Crippen MR) is 429 cm³/mol. The molecule has 9 nitrogen and oxygen atoms in total. The van der Waals surface area contributed by atoms with Crippen LogP contribution in [0.15, 0.2) is 24.3 Å². The largest absolute Gasteiger partial charge is 0.477 e. The Balaban J connectivity index is 3.89. The lowest BCUT2D eigenvalue weighted by Gasteiger charge is -2.25. The Morgan fingerprint density at radius 3 is 0.747 bits per heavy atom. The minimum absolute atomic E-state index is 0.173. The fraction of sp³-hybridized carbons (Fsp3) is 0.922. The molecule has 0 amide bonds. The standard InChI is InChI=1S/C90H173NO8/c1-6-8-10-12-14-16-18-20-22-24-26-28-30-32-34-36-38-40-42-44-46-48-50-52-54-56-58-60-62-64-66-68-70-72-74-76-78-80-87(92)97-84-86(85-98-90(89(94)95)96-83-82-91(3,4)5)99-88(93)81-79-77-75-73-71-69-67-65-63-61-59-57-55-53-51-49-47-45-43-41-39-37-35-33-31-29-27-25-23-21-19-17-15-13-11-9-7-2/h24-27,86,90H,6-23,28-85H2,1-5H3/p+1/b26-24-,27-25-. The number of ether oxygens (including phenoxy) is 4. The number of rotatable bonds is 85. The van der Waals surface area contributed by atoms with E-state index >= 15 is 0 Å². The van der Waals surface area contributed by atoms with Gasteiger partial charge < -0.3 is 28.5 Å². The van der Waals surface area contributed by atoms with Crippen LogP contribution in [0.2, 0.25) is 0 Å². The van der Waals surface area contributed by atoms with Crippen molar-refractivity contribution in [3.8, 4) is 0 Å². The van der Waals surface area contributed by atoms with Crippen molar-refractivity contribution in [1.29, 1.82) is 0 Å². The first-order valence-corrected chi connectivity index (χ1v) is 44.5. The summed E-state index contributed by atoms with van der Waals surface area (Å²) in [7, 11) is 6.01. The van der Waals surface area contributed by atoms with E-state index in [-0.39, 0.29) is 38.2 Å². The number of allylic oxidation sites excluding steroid dienone is 4. The van der Waals surface area contributed by atoms with Gasteiger partial charge in [-0.3, -0.25) is 9.59 Å². The molecule has 99 heavy (non-hydrogen) atoms. The van der Waals surface area contributed by atoms with E-state index in [1.807, 2.05) is 21.1 Å².